The molecule has 1 aliphatic rings. The molecule has 0 unspecified atom stereocenters. The fraction of sp³-hybridized carbons (Fsp3) is 1.00. The van der Waals surface area contributed by atoms with Crippen LogP contribution in [0.3, 0.4) is 0 Å². The normalized spacial score (nSPS) is 27.9. The van der Waals surface area contributed by atoms with E-state index >= 15 is 0 Å². The molecular formula is C12H25NO3S. The van der Waals surface area contributed by atoms with Gasteiger partial charge in [-0.15, -0.1) is 0 Å². The average molecular weight is 263 g/mol. The van der Waals surface area contributed by atoms with Gasteiger partial charge in [0.25, 0.3) is 0 Å². The van der Waals surface area contributed by atoms with Crippen LogP contribution in [0.2, 0.25) is 0 Å². The molecule has 0 radical (unpaired) electrons. The molecule has 3 atom stereocenters. The monoisotopic (exact) mass is 263 g/mol. The summed E-state index contributed by atoms with van der Waals surface area (Å²) in [6, 6.07) is -0.275. The minimum absolute atomic E-state index is 0.171. The summed E-state index contributed by atoms with van der Waals surface area (Å²) < 4.78 is 26.5. The van der Waals surface area contributed by atoms with Crippen LogP contribution >= 0.6 is 0 Å². The number of hydrogen-bond donors (Lipinski definition) is 2. The Morgan fingerprint density at radius 3 is 2.59 bits per heavy atom. The standard InChI is InChI=1S/C12H25NO3S/c1-3-6-10(2)9-17(15,16)13-11-7-4-5-8-12(11)14/h10-14H,3-9H2,1-2H3/t10-,11+,12-/m0/s1. The van der Waals surface area contributed by atoms with Crippen molar-refractivity contribution in [2.45, 2.75) is 64.5 Å². The Morgan fingerprint density at radius 2 is 2.00 bits per heavy atom. The lowest BCUT2D eigenvalue weighted by atomic mass is 9.93. The maximum absolute atomic E-state index is 11.9. The maximum Gasteiger partial charge on any atom is 0.212 e. The number of sulfonamides is 1. The second-order valence-corrected chi connectivity index (χ2v) is 7.05. The number of hydrogen-bond acceptors (Lipinski definition) is 3. The van der Waals surface area contributed by atoms with Gasteiger partial charge in [0.2, 0.25) is 10.0 Å². The van der Waals surface area contributed by atoms with Gasteiger partial charge in [0, 0.05) is 6.04 Å². The second-order valence-electron chi connectivity index (χ2n) is 5.25. The fourth-order valence-electron chi connectivity index (χ4n) is 2.48. The molecule has 17 heavy (non-hydrogen) atoms. The first kappa shape index (κ1) is 14.9. The van der Waals surface area contributed by atoms with Gasteiger partial charge in [0.1, 0.15) is 0 Å². The minimum atomic E-state index is -3.25. The Balaban J connectivity index is 2.47. The van der Waals surface area contributed by atoms with Crippen LogP contribution in [0.5, 0.6) is 0 Å². The lowest BCUT2D eigenvalue weighted by Crippen LogP contribution is -2.46. The van der Waals surface area contributed by atoms with E-state index in [9.17, 15) is 13.5 Å². The first-order valence-corrected chi connectivity index (χ1v) is 8.28. The summed E-state index contributed by atoms with van der Waals surface area (Å²) in [6.07, 6.45) is 4.86. The van der Waals surface area contributed by atoms with Crippen molar-refractivity contribution in [1.82, 2.24) is 4.72 Å². The van der Waals surface area contributed by atoms with Crippen LogP contribution < -0.4 is 4.72 Å². The zero-order valence-corrected chi connectivity index (χ0v) is 11.7. The second kappa shape index (κ2) is 6.71. The molecule has 0 amide bonds. The van der Waals surface area contributed by atoms with E-state index in [0.717, 1.165) is 32.1 Å². The maximum atomic E-state index is 11.9. The van der Waals surface area contributed by atoms with Gasteiger partial charge < -0.3 is 5.11 Å². The van der Waals surface area contributed by atoms with Gasteiger partial charge in [-0.3, -0.25) is 0 Å². The van der Waals surface area contributed by atoms with Gasteiger partial charge in [-0.25, -0.2) is 13.1 Å². The summed E-state index contributed by atoms with van der Waals surface area (Å²) in [5, 5.41) is 9.74. The van der Waals surface area contributed by atoms with Gasteiger partial charge in [-0.1, -0.05) is 33.1 Å². The Hall–Kier alpha value is -0.130. The zero-order valence-electron chi connectivity index (χ0n) is 10.9. The van der Waals surface area contributed by atoms with Crippen molar-refractivity contribution in [2.24, 2.45) is 5.92 Å². The highest BCUT2D eigenvalue weighted by atomic mass is 32.2. The summed E-state index contributed by atoms with van der Waals surface area (Å²) in [5.41, 5.74) is 0. The summed E-state index contributed by atoms with van der Waals surface area (Å²) in [7, 11) is -3.25. The van der Waals surface area contributed by atoms with Crippen LogP contribution in [0.4, 0.5) is 0 Å². The van der Waals surface area contributed by atoms with Gasteiger partial charge in [0.05, 0.1) is 11.9 Å². The molecule has 5 heteroatoms. The molecule has 1 aliphatic carbocycles. The van der Waals surface area contributed by atoms with Gasteiger partial charge >= 0.3 is 0 Å². The molecule has 0 aromatic rings. The van der Waals surface area contributed by atoms with Gasteiger partial charge in [-0.05, 0) is 25.2 Å². The van der Waals surface area contributed by atoms with Crippen molar-refractivity contribution in [3.63, 3.8) is 0 Å². The Morgan fingerprint density at radius 1 is 1.35 bits per heavy atom. The smallest absolute Gasteiger partial charge is 0.212 e. The Labute approximate surface area is 105 Å². The van der Waals surface area contributed by atoms with Crippen molar-refractivity contribution in [1.29, 1.82) is 0 Å². The van der Waals surface area contributed by atoms with Gasteiger partial charge in [-0.2, -0.15) is 0 Å². The quantitative estimate of drug-likeness (QED) is 0.765. The lowest BCUT2D eigenvalue weighted by molar-refractivity contribution is 0.101. The molecular weight excluding hydrogens is 238 g/mol. The van der Waals surface area contributed by atoms with Gasteiger partial charge in [0.15, 0.2) is 0 Å². The highest BCUT2D eigenvalue weighted by Crippen LogP contribution is 2.19. The first-order valence-electron chi connectivity index (χ1n) is 6.62. The third kappa shape index (κ3) is 5.36. The first-order chi connectivity index (χ1) is 7.94. The molecule has 4 nitrogen and oxygen atoms in total. The number of aliphatic hydroxyl groups excluding tert-OH is 1. The van der Waals surface area contributed by atoms with Crippen LogP contribution in [0.15, 0.2) is 0 Å². The van der Waals surface area contributed by atoms with E-state index in [1.165, 1.54) is 0 Å². The van der Waals surface area contributed by atoms with E-state index in [-0.39, 0.29) is 17.7 Å². The van der Waals surface area contributed by atoms with Crippen molar-refractivity contribution in [2.75, 3.05) is 5.75 Å². The molecule has 0 aromatic carbocycles. The van der Waals surface area contributed by atoms with Crippen LogP contribution in [0.25, 0.3) is 0 Å². The zero-order chi connectivity index (χ0) is 12.9. The van der Waals surface area contributed by atoms with Crippen molar-refractivity contribution < 1.29 is 13.5 Å². The Kier molecular flexibility index (Phi) is 5.89. The summed E-state index contributed by atoms with van der Waals surface area (Å²) in [6.45, 7) is 4.02. The molecule has 0 saturated heterocycles. The number of rotatable bonds is 6. The SMILES string of the molecule is CCC[C@H](C)CS(=O)(=O)N[C@@H]1CCCC[C@@H]1O. The number of aliphatic hydroxyl groups is 1. The minimum Gasteiger partial charge on any atom is -0.391 e. The van der Waals surface area contributed by atoms with Crippen molar-refractivity contribution in [3.8, 4) is 0 Å². The molecule has 0 aliphatic heterocycles. The largest absolute Gasteiger partial charge is 0.391 e. The third-order valence-corrected chi connectivity index (χ3v) is 5.02. The van der Waals surface area contributed by atoms with E-state index in [0.29, 0.717) is 6.42 Å². The van der Waals surface area contributed by atoms with Crippen LogP contribution in [0, 0.1) is 5.92 Å². The van der Waals surface area contributed by atoms with Crippen molar-refractivity contribution in [3.05, 3.63) is 0 Å². The Bertz CT molecular complexity index is 316. The molecule has 2 N–H and O–H groups in total. The highest BCUT2D eigenvalue weighted by molar-refractivity contribution is 7.89. The van der Waals surface area contributed by atoms with Crippen molar-refractivity contribution >= 4 is 10.0 Å². The van der Waals surface area contributed by atoms with Crippen LogP contribution in [-0.4, -0.2) is 31.4 Å². The highest BCUT2D eigenvalue weighted by Gasteiger charge is 2.27. The number of nitrogens with one attached hydrogen (secondary N) is 1. The topological polar surface area (TPSA) is 66.4 Å². The fourth-order valence-corrected chi connectivity index (χ4v) is 4.23. The van der Waals surface area contributed by atoms with E-state index in [1.54, 1.807) is 0 Å². The molecule has 0 spiro atoms. The lowest BCUT2D eigenvalue weighted by Gasteiger charge is -2.28. The molecule has 0 bridgehead atoms. The van der Waals surface area contributed by atoms with E-state index in [1.807, 2.05) is 6.92 Å². The predicted octanol–water partition coefficient (Wildman–Crippen LogP) is 1.65. The average Bonchev–Trinajstić information content (AvgIpc) is 2.20. The molecule has 0 heterocycles. The van der Waals surface area contributed by atoms with Crippen LogP contribution in [-0.2, 0) is 10.0 Å². The van der Waals surface area contributed by atoms with Crippen LogP contribution in [0.1, 0.15) is 52.4 Å². The summed E-state index contributed by atoms with van der Waals surface area (Å²) in [4.78, 5) is 0. The predicted molar refractivity (Wildman–Crippen MR) is 69.3 cm³/mol. The third-order valence-electron chi connectivity index (χ3n) is 3.35. The molecule has 0 aromatic heterocycles. The molecule has 1 rings (SSSR count). The summed E-state index contributed by atoms with van der Waals surface area (Å²) >= 11 is 0. The molecule has 1 fully saturated rings. The summed E-state index contributed by atoms with van der Waals surface area (Å²) in [5.74, 6) is 0.350. The van der Waals surface area contributed by atoms with E-state index < -0.39 is 16.1 Å². The van der Waals surface area contributed by atoms with E-state index in [4.69, 9.17) is 0 Å². The van der Waals surface area contributed by atoms with E-state index in [2.05, 4.69) is 11.6 Å². The molecule has 102 valence electrons. The molecule has 1 saturated carbocycles.